The Hall–Kier alpha value is -2.83. The maximum absolute atomic E-state index is 13.4. The topological polar surface area (TPSA) is 57.8 Å². The van der Waals surface area contributed by atoms with Gasteiger partial charge in [0.25, 0.3) is 0 Å². The van der Waals surface area contributed by atoms with E-state index in [1.807, 2.05) is 13.0 Å². The van der Waals surface area contributed by atoms with Crippen LogP contribution >= 0.6 is 0 Å². The lowest BCUT2D eigenvalue weighted by atomic mass is 10.0. The number of nitrogens with one attached hydrogen (secondary N) is 1. The van der Waals surface area contributed by atoms with Gasteiger partial charge in [-0.25, -0.2) is 0 Å². The molecule has 6 heteroatoms. The second-order valence-corrected chi connectivity index (χ2v) is 9.28. The fraction of sp³-hybridized carbons (Fsp3) is 0.444. The van der Waals surface area contributed by atoms with Gasteiger partial charge in [-0.15, -0.1) is 0 Å². The lowest BCUT2D eigenvalue weighted by Crippen LogP contribution is -2.46. The van der Waals surface area contributed by atoms with Crippen LogP contribution in [0.25, 0.3) is 10.9 Å². The van der Waals surface area contributed by atoms with Crippen LogP contribution in [0, 0.1) is 6.92 Å². The molecule has 0 spiro atoms. The first kappa shape index (κ1) is 22.0. The maximum Gasteiger partial charge on any atom is 0.231 e. The van der Waals surface area contributed by atoms with Crippen LogP contribution in [0.2, 0.25) is 0 Å². The molecule has 0 bridgehead atoms. The fourth-order valence-corrected chi connectivity index (χ4v) is 4.85. The Bertz CT molecular complexity index is 1200. The third kappa shape index (κ3) is 4.77. The van der Waals surface area contributed by atoms with Crippen molar-refractivity contribution in [3.8, 4) is 11.5 Å². The van der Waals surface area contributed by atoms with E-state index in [-0.39, 0.29) is 5.43 Å². The number of aromatic nitrogens is 1. The van der Waals surface area contributed by atoms with Gasteiger partial charge >= 0.3 is 0 Å². The molecule has 3 heterocycles. The largest absolute Gasteiger partial charge is 0.454 e. The molecular formula is C27H33N3O3. The van der Waals surface area contributed by atoms with Crippen molar-refractivity contribution in [2.75, 3.05) is 33.0 Å². The molecular weight excluding hydrogens is 414 g/mol. The molecule has 1 aromatic heterocycles. The van der Waals surface area contributed by atoms with Crippen LogP contribution in [0.15, 0.2) is 41.2 Å². The first-order valence-electron chi connectivity index (χ1n) is 12.1. The predicted octanol–water partition coefficient (Wildman–Crippen LogP) is 4.23. The van der Waals surface area contributed by atoms with Crippen molar-refractivity contribution < 1.29 is 9.47 Å². The van der Waals surface area contributed by atoms with Crippen LogP contribution in [0.3, 0.4) is 0 Å². The number of unbranched alkanes of at least 4 members (excludes halogenated alkanes) is 1. The highest BCUT2D eigenvalue weighted by Gasteiger charge is 2.21. The lowest BCUT2D eigenvalue weighted by molar-refractivity contribution is 0.121. The molecule has 5 rings (SSSR count). The van der Waals surface area contributed by atoms with Gasteiger partial charge in [0.1, 0.15) is 0 Å². The normalized spacial score (nSPS) is 16.5. The molecule has 3 aromatic rings. The molecule has 2 aliphatic rings. The van der Waals surface area contributed by atoms with E-state index in [0.29, 0.717) is 13.3 Å². The van der Waals surface area contributed by atoms with Gasteiger partial charge < -0.3 is 14.5 Å². The lowest BCUT2D eigenvalue weighted by Gasteiger charge is -2.34. The Morgan fingerprint density at radius 1 is 0.909 bits per heavy atom. The van der Waals surface area contributed by atoms with Crippen molar-refractivity contribution in [2.45, 2.75) is 46.2 Å². The first-order chi connectivity index (χ1) is 16.1. The zero-order valence-electron chi connectivity index (χ0n) is 19.7. The summed E-state index contributed by atoms with van der Waals surface area (Å²) < 4.78 is 10.9. The Kier molecular flexibility index (Phi) is 6.38. The van der Waals surface area contributed by atoms with E-state index in [0.717, 1.165) is 85.6 Å². The van der Waals surface area contributed by atoms with Crippen molar-refractivity contribution in [2.24, 2.45) is 0 Å². The number of nitrogens with zero attached hydrogens (tertiary/aromatic N) is 2. The Labute approximate surface area is 195 Å². The van der Waals surface area contributed by atoms with E-state index in [4.69, 9.17) is 9.47 Å². The average molecular weight is 448 g/mol. The summed E-state index contributed by atoms with van der Waals surface area (Å²) in [5, 5.41) is 0.825. The van der Waals surface area contributed by atoms with Crippen molar-refractivity contribution in [3.63, 3.8) is 0 Å². The number of piperazine rings is 1. The van der Waals surface area contributed by atoms with Gasteiger partial charge in [-0.1, -0.05) is 25.5 Å². The van der Waals surface area contributed by atoms with Crippen LogP contribution in [0.5, 0.6) is 11.5 Å². The smallest absolute Gasteiger partial charge is 0.231 e. The highest BCUT2D eigenvalue weighted by molar-refractivity contribution is 5.80. The third-order valence-electron chi connectivity index (χ3n) is 6.89. The molecule has 174 valence electrons. The second-order valence-electron chi connectivity index (χ2n) is 9.28. The van der Waals surface area contributed by atoms with Crippen molar-refractivity contribution in [3.05, 3.63) is 69.0 Å². The number of fused-ring (bicyclic) bond motifs is 2. The highest BCUT2D eigenvalue weighted by atomic mass is 16.7. The van der Waals surface area contributed by atoms with Gasteiger partial charge in [0, 0.05) is 61.4 Å². The summed E-state index contributed by atoms with van der Waals surface area (Å²) in [5.74, 6) is 1.67. The number of benzene rings is 2. The first-order valence-corrected chi connectivity index (χ1v) is 12.1. The number of aromatic amines is 1. The highest BCUT2D eigenvalue weighted by Crippen LogP contribution is 2.32. The van der Waals surface area contributed by atoms with Crippen LogP contribution in [0.4, 0.5) is 0 Å². The van der Waals surface area contributed by atoms with Gasteiger partial charge in [0.2, 0.25) is 6.79 Å². The minimum absolute atomic E-state index is 0.183. The third-order valence-corrected chi connectivity index (χ3v) is 6.89. The molecule has 1 N–H and O–H groups in total. The summed E-state index contributed by atoms with van der Waals surface area (Å²) in [7, 11) is 0. The number of ether oxygens (including phenoxy) is 2. The molecule has 0 unspecified atom stereocenters. The van der Waals surface area contributed by atoms with E-state index in [1.54, 1.807) is 0 Å². The zero-order valence-corrected chi connectivity index (χ0v) is 19.7. The van der Waals surface area contributed by atoms with E-state index in [2.05, 4.69) is 52.0 Å². The molecule has 2 aromatic carbocycles. The molecule has 0 aliphatic carbocycles. The molecule has 0 atom stereocenters. The van der Waals surface area contributed by atoms with Gasteiger partial charge in [0.05, 0.1) is 0 Å². The molecule has 0 saturated carbocycles. The molecule has 1 fully saturated rings. The molecule has 1 saturated heterocycles. The van der Waals surface area contributed by atoms with Gasteiger partial charge in [-0.05, 0) is 55.2 Å². The van der Waals surface area contributed by atoms with Gasteiger partial charge in [-0.3, -0.25) is 14.6 Å². The second kappa shape index (κ2) is 9.57. The Balaban J connectivity index is 1.24. The minimum Gasteiger partial charge on any atom is -0.454 e. The molecule has 0 amide bonds. The fourth-order valence-electron chi connectivity index (χ4n) is 4.85. The summed E-state index contributed by atoms with van der Waals surface area (Å²) in [6, 6.07) is 12.5. The SMILES string of the molecule is CCCCc1ccc2[nH]c(C)c(CN3CCN(Cc4ccc5c(c4)OCO5)CC3)c(=O)c2c1. The average Bonchev–Trinajstić information content (AvgIpc) is 3.30. The molecule has 33 heavy (non-hydrogen) atoms. The quantitative estimate of drug-likeness (QED) is 0.588. The number of aryl methyl sites for hydroxylation is 2. The van der Waals surface area contributed by atoms with Crippen LogP contribution in [-0.4, -0.2) is 47.8 Å². The van der Waals surface area contributed by atoms with Gasteiger partial charge in [0.15, 0.2) is 16.9 Å². The van der Waals surface area contributed by atoms with E-state index in [1.165, 1.54) is 11.1 Å². The summed E-state index contributed by atoms with van der Waals surface area (Å²) in [6.45, 7) is 10.0. The van der Waals surface area contributed by atoms with E-state index in [9.17, 15) is 4.79 Å². The number of hydrogen-bond donors (Lipinski definition) is 1. The summed E-state index contributed by atoms with van der Waals surface area (Å²) >= 11 is 0. The maximum atomic E-state index is 13.4. The molecule has 0 radical (unpaired) electrons. The van der Waals surface area contributed by atoms with E-state index < -0.39 is 0 Å². The summed E-state index contributed by atoms with van der Waals surface area (Å²) in [5.41, 5.74) is 5.50. The van der Waals surface area contributed by atoms with Crippen molar-refractivity contribution in [1.29, 1.82) is 0 Å². The molecule has 2 aliphatic heterocycles. The summed E-state index contributed by atoms with van der Waals surface area (Å²) in [4.78, 5) is 21.7. The Morgan fingerprint density at radius 2 is 1.64 bits per heavy atom. The standard InChI is InChI=1S/C27H33N3O3/c1-3-4-5-20-6-8-24-22(14-20)27(31)23(19(2)28-24)17-30-12-10-29(11-13-30)16-21-7-9-25-26(15-21)33-18-32-25/h6-9,14-15H,3-5,10-13,16-18H2,1-2H3,(H,28,31). The van der Waals surface area contributed by atoms with Crippen molar-refractivity contribution in [1.82, 2.24) is 14.8 Å². The zero-order chi connectivity index (χ0) is 22.8. The Morgan fingerprint density at radius 3 is 2.42 bits per heavy atom. The predicted molar refractivity (Wildman–Crippen MR) is 131 cm³/mol. The van der Waals surface area contributed by atoms with Gasteiger partial charge in [-0.2, -0.15) is 0 Å². The number of rotatable bonds is 7. The minimum atomic E-state index is 0.183. The molecule has 6 nitrogen and oxygen atoms in total. The van der Waals surface area contributed by atoms with Crippen LogP contribution < -0.4 is 14.9 Å². The monoisotopic (exact) mass is 447 g/mol. The van der Waals surface area contributed by atoms with E-state index >= 15 is 0 Å². The summed E-state index contributed by atoms with van der Waals surface area (Å²) in [6.07, 6.45) is 3.34. The number of pyridine rings is 1. The van der Waals surface area contributed by atoms with Crippen molar-refractivity contribution >= 4 is 10.9 Å². The van der Waals surface area contributed by atoms with Crippen LogP contribution in [0.1, 0.15) is 42.1 Å². The number of hydrogen-bond acceptors (Lipinski definition) is 5. The van der Waals surface area contributed by atoms with Crippen LogP contribution in [-0.2, 0) is 19.5 Å². The number of H-pyrrole nitrogens is 1.